The van der Waals surface area contributed by atoms with Gasteiger partial charge in [-0.05, 0) is 55.1 Å². The van der Waals surface area contributed by atoms with Crippen LogP contribution in [0.25, 0.3) is 21.7 Å². The third-order valence-electron chi connectivity index (χ3n) is 6.09. The second-order valence-corrected chi connectivity index (χ2v) is 8.33. The molecule has 0 spiro atoms. The maximum atomic E-state index is 6.33. The molecule has 5 rings (SSSR count). The second-order valence-electron chi connectivity index (χ2n) is 7.89. The van der Waals surface area contributed by atoms with Crippen molar-refractivity contribution >= 4 is 33.3 Å². The number of aromatic nitrogens is 2. The fraction of sp³-hybridized carbons (Fsp3) is 0.292. The van der Waals surface area contributed by atoms with Crippen LogP contribution in [0, 0.1) is 6.92 Å². The van der Waals surface area contributed by atoms with Gasteiger partial charge in [0.2, 0.25) is 0 Å². The van der Waals surface area contributed by atoms with Crippen LogP contribution in [0.1, 0.15) is 22.5 Å². The normalized spacial score (nSPS) is 14.7. The van der Waals surface area contributed by atoms with Crippen LogP contribution in [-0.4, -0.2) is 28.0 Å². The Balaban J connectivity index is 1.57. The van der Waals surface area contributed by atoms with Gasteiger partial charge >= 0.3 is 0 Å². The number of benzene rings is 2. The van der Waals surface area contributed by atoms with Crippen molar-refractivity contribution in [3.05, 3.63) is 76.2 Å². The molecule has 0 saturated heterocycles. The van der Waals surface area contributed by atoms with Gasteiger partial charge in [-0.15, -0.1) is 0 Å². The summed E-state index contributed by atoms with van der Waals surface area (Å²) in [5.74, 6) is 0. The fourth-order valence-corrected chi connectivity index (χ4v) is 4.81. The number of hydrogen-bond acceptors (Lipinski definition) is 2. The summed E-state index contributed by atoms with van der Waals surface area (Å²) in [5, 5.41) is 4.70. The Kier molecular flexibility index (Phi) is 4.37. The number of rotatable bonds is 3. The molecule has 4 heteroatoms. The molecule has 1 aliphatic rings. The number of aryl methyl sites for hydroxylation is 3. The molecule has 0 radical (unpaired) electrons. The van der Waals surface area contributed by atoms with E-state index in [-0.39, 0.29) is 0 Å². The van der Waals surface area contributed by atoms with E-state index in [4.69, 9.17) is 11.6 Å². The van der Waals surface area contributed by atoms with E-state index in [9.17, 15) is 0 Å². The van der Waals surface area contributed by atoms with Gasteiger partial charge in [0, 0.05) is 65.0 Å². The highest BCUT2D eigenvalue weighted by Gasteiger charge is 2.22. The summed E-state index contributed by atoms with van der Waals surface area (Å²) in [7, 11) is 2.20. The van der Waals surface area contributed by atoms with Gasteiger partial charge in [0.1, 0.15) is 0 Å². The molecule has 0 amide bonds. The molecule has 142 valence electrons. The summed E-state index contributed by atoms with van der Waals surface area (Å²) in [6.45, 7) is 5.15. The summed E-state index contributed by atoms with van der Waals surface area (Å²) in [4.78, 5) is 7.04. The molecule has 0 fully saturated rings. The minimum atomic E-state index is 0.814. The highest BCUT2D eigenvalue weighted by atomic mass is 35.5. The highest BCUT2D eigenvalue weighted by molar-refractivity contribution is 6.31. The average molecular weight is 390 g/mol. The number of hydrogen-bond donors (Lipinski definition) is 0. The Bertz CT molecular complexity index is 1190. The van der Waals surface area contributed by atoms with Gasteiger partial charge in [0.05, 0.1) is 0 Å². The minimum Gasteiger partial charge on any atom is -0.344 e. The molecule has 3 nitrogen and oxygen atoms in total. The van der Waals surface area contributed by atoms with Crippen molar-refractivity contribution in [2.45, 2.75) is 32.9 Å². The van der Waals surface area contributed by atoms with Crippen LogP contribution in [0.2, 0.25) is 5.02 Å². The molecule has 4 aromatic rings. The van der Waals surface area contributed by atoms with Crippen molar-refractivity contribution in [1.29, 1.82) is 0 Å². The van der Waals surface area contributed by atoms with Crippen LogP contribution in [0.4, 0.5) is 0 Å². The summed E-state index contributed by atoms with van der Waals surface area (Å²) >= 11 is 6.33. The third-order valence-corrected chi connectivity index (χ3v) is 6.32. The second kappa shape index (κ2) is 6.91. The zero-order valence-electron chi connectivity index (χ0n) is 16.4. The first-order valence-corrected chi connectivity index (χ1v) is 10.3. The first-order chi connectivity index (χ1) is 13.6. The quantitative estimate of drug-likeness (QED) is 0.469. The van der Waals surface area contributed by atoms with E-state index in [1.165, 1.54) is 38.5 Å². The van der Waals surface area contributed by atoms with Crippen molar-refractivity contribution in [1.82, 2.24) is 14.5 Å². The lowest BCUT2D eigenvalue weighted by molar-refractivity contribution is 0.309. The van der Waals surface area contributed by atoms with Crippen LogP contribution < -0.4 is 0 Å². The van der Waals surface area contributed by atoms with Crippen molar-refractivity contribution in [3.63, 3.8) is 0 Å². The Hall–Kier alpha value is -2.36. The minimum absolute atomic E-state index is 0.814. The van der Waals surface area contributed by atoms with Crippen molar-refractivity contribution in [2.75, 3.05) is 13.6 Å². The Morgan fingerprint density at radius 3 is 2.75 bits per heavy atom. The van der Waals surface area contributed by atoms with E-state index in [2.05, 4.69) is 71.0 Å². The van der Waals surface area contributed by atoms with Crippen LogP contribution in [0.15, 0.2) is 48.7 Å². The summed E-state index contributed by atoms with van der Waals surface area (Å²) in [6.07, 6.45) is 4.12. The van der Waals surface area contributed by atoms with E-state index in [1.54, 1.807) is 0 Å². The topological polar surface area (TPSA) is 21.1 Å². The largest absolute Gasteiger partial charge is 0.344 e. The van der Waals surface area contributed by atoms with E-state index in [0.29, 0.717) is 0 Å². The molecule has 0 bridgehead atoms. The maximum Gasteiger partial charge on any atom is 0.0487 e. The number of pyridine rings is 1. The average Bonchev–Trinajstić information content (AvgIpc) is 3.00. The molecule has 28 heavy (non-hydrogen) atoms. The molecule has 2 aromatic heterocycles. The standard InChI is InChI=1S/C24H24ClN3/c1-16-19-5-3-4-6-20(19)17(14-26-16)9-12-28-23-8-7-18(25)13-21(23)22-15-27(2)11-10-24(22)28/h3-8,13-14H,9-12,15H2,1-2H3. The van der Waals surface area contributed by atoms with E-state index in [0.717, 1.165) is 43.2 Å². The van der Waals surface area contributed by atoms with E-state index >= 15 is 0 Å². The molecule has 0 saturated carbocycles. The smallest absolute Gasteiger partial charge is 0.0487 e. The zero-order chi connectivity index (χ0) is 19.3. The first-order valence-electron chi connectivity index (χ1n) is 9.93. The molecular formula is C24H24ClN3. The fourth-order valence-electron chi connectivity index (χ4n) is 4.64. The van der Waals surface area contributed by atoms with E-state index < -0.39 is 0 Å². The predicted molar refractivity (Wildman–Crippen MR) is 117 cm³/mol. The lowest BCUT2D eigenvalue weighted by atomic mass is 10.0. The number of likely N-dealkylation sites (N-methyl/N-ethyl adjacent to an activating group) is 1. The number of fused-ring (bicyclic) bond motifs is 4. The summed E-state index contributed by atoms with van der Waals surface area (Å²) in [6, 6.07) is 14.9. The third kappa shape index (κ3) is 2.90. The zero-order valence-corrected chi connectivity index (χ0v) is 17.1. The SMILES string of the molecule is Cc1ncc(CCn2c3c(c4cc(Cl)ccc42)CN(C)CC3)c2ccccc12. The lowest BCUT2D eigenvalue weighted by Crippen LogP contribution is -2.27. The van der Waals surface area contributed by atoms with Gasteiger partial charge in [-0.2, -0.15) is 0 Å². The van der Waals surface area contributed by atoms with Gasteiger partial charge in [-0.25, -0.2) is 0 Å². The van der Waals surface area contributed by atoms with Crippen LogP contribution in [0.5, 0.6) is 0 Å². The first kappa shape index (κ1) is 17.7. The molecule has 0 atom stereocenters. The maximum absolute atomic E-state index is 6.33. The Morgan fingerprint density at radius 2 is 1.89 bits per heavy atom. The van der Waals surface area contributed by atoms with Gasteiger partial charge in [0.25, 0.3) is 0 Å². The molecule has 2 aromatic carbocycles. The number of halogens is 1. The van der Waals surface area contributed by atoms with Crippen LogP contribution in [-0.2, 0) is 25.9 Å². The van der Waals surface area contributed by atoms with Crippen LogP contribution >= 0.6 is 11.6 Å². The van der Waals surface area contributed by atoms with Gasteiger partial charge in [-0.3, -0.25) is 4.98 Å². The molecule has 0 N–H and O–H groups in total. The summed E-state index contributed by atoms with van der Waals surface area (Å²) in [5.41, 5.74) is 6.63. The Labute approximate surface area is 170 Å². The van der Waals surface area contributed by atoms with Gasteiger partial charge in [0.15, 0.2) is 0 Å². The van der Waals surface area contributed by atoms with Crippen molar-refractivity contribution in [3.8, 4) is 0 Å². The summed E-state index contributed by atoms with van der Waals surface area (Å²) < 4.78 is 2.52. The van der Waals surface area contributed by atoms with E-state index in [1.807, 2.05) is 6.07 Å². The van der Waals surface area contributed by atoms with Gasteiger partial charge in [-0.1, -0.05) is 35.9 Å². The molecular weight excluding hydrogens is 366 g/mol. The molecule has 3 heterocycles. The monoisotopic (exact) mass is 389 g/mol. The highest BCUT2D eigenvalue weighted by Crippen LogP contribution is 2.33. The van der Waals surface area contributed by atoms with Crippen molar-refractivity contribution in [2.24, 2.45) is 0 Å². The van der Waals surface area contributed by atoms with Gasteiger partial charge < -0.3 is 9.47 Å². The van der Waals surface area contributed by atoms with Crippen LogP contribution in [0.3, 0.4) is 0 Å². The molecule has 0 aliphatic carbocycles. The number of nitrogens with zero attached hydrogens (tertiary/aromatic N) is 3. The predicted octanol–water partition coefficient (Wildman–Crippen LogP) is 5.38. The molecule has 1 aliphatic heterocycles. The van der Waals surface area contributed by atoms with Crippen molar-refractivity contribution < 1.29 is 0 Å². The Morgan fingerprint density at radius 1 is 1.07 bits per heavy atom. The lowest BCUT2D eigenvalue weighted by Gasteiger charge is -2.24. The molecule has 0 unspecified atom stereocenters.